The smallest absolute Gasteiger partial charge is 0.0352 e. The number of hydrogen-bond donors (Lipinski definition) is 0. The van der Waals surface area contributed by atoms with Crippen molar-refractivity contribution in [2.75, 3.05) is 0 Å². The maximum atomic E-state index is 2.46. The van der Waals surface area contributed by atoms with Gasteiger partial charge in [-0.25, -0.2) is 0 Å². The monoisotopic (exact) mass is 138 g/mol. The van der Waals surface area contributed by atoms with Gasteiger partial charge >= 0.3 is 0 Å². The van der Waals surface area contributed by atoms with E-state index in [0.29, 0.717) is 0 Å². The summed E-state index contributed by atoms with van der Waals surface area (Å²) in [5.74, 6) is 4.55. The second kappa shape index (κ2) is 2.25. The standard InChI is InChI=1S/C10H18/c1-3-4-8-7(2)9-5-6-10(8)9/h7-10H,3-6H2,1-2H3. The van der Waals surface area contributed by atoms with E-state index in [9.17, 15) is 0 Å². The molecule has 2 aliphatic rings. The first-order valence-corrected chi connectivity index (χ1v) is 4.84. The van der Waals surface area contributed by atoms with E-state index in [4.69, 9.17) is 0 Å². The molecule has 0 aromatic heterocycles. The lowest BCUT2D eigenvalue weighted by Crippen LogP contribution is -2.51. The fourth-order valence-electron chi connectivity index (χ4n) is 3.11. The van der Waals surface area contributed by atoms with Crippen molar-refractivity contribution in [3.63, 3.8) is 0 Å². The SMILES string of the molecule is CCCC1C(C)C2CCC12. The van der Waals surface area contributed by atoms with Crippen LogP contribution in [0, 0.1) is 23.7 Å². The van der Waals surface area contributed by atoms with Crippen molar-refractivity contribution in [1.29, 1.82) is 0 Å². The second-order valence-electron chi connectivity index (χ2n) is 4.22. The van der Waals surface area contributed by atoms with E-state index in [1.807, 2.05) is 0 Å². The van der Waals surface area contributed by atoms with E-state index in [1.54, 1.807) is 12.8 Å². The van der Waals surface area contributed by atoms with Crippen LogP contribution in [0.4, 0.5) is 0 Å². The molecule has 58 valence electrons. The normalized spacial score (nSPS) is 51.0. The fourth-order valence-corrected chi connectivity index (χ4v) is 3.11. The summed E-state index contributed by atoms with van der Waals surface area (Å²) in [6.45, 7) is 4.78. The van der Waals surface area contributed by atoms with Crippen LogP contribution >= 0.6 is 0 Å². The maximum Gasteiger partial charge on any atom is -0.0352 e. The predicted octanol–water partition coefficient (Wildman–Crippen LogP) is 3.08. The van der Waals surface area contributed by atoms with E-state index in [1.165, 1.54) is 18.8 Å². The van der Waals surface area contributed by atoms with Crippen LogP contribution in [0.15, 0.2) is 0 Å². The van der Waals surface area contributed by atoms with E-state index in [-0.39, 0.29) is 0 Å². The minimum Gasteiger partial charge on any atom is -0.0654 e. The number of fused-ring (bicyclic) bond motifs is 1. The van der Waals surface area contributed by atoms with Gasteiger partial charge in [0.05, 0.1) is 0 Å². The van der Waals surface area contributed by atoms with Crippen molar-refractivity contribution in [3.8, 4) is 0 Å². The predicted molar refractivity (Wildman–Crippen MR) is 43.8 cm³/mol. The van der Waals surface area contributed by atoms with Crippen molar-refractivity contribution in [3.05, 3.63) is 0 Å². The minimum absolute atomic E-state index is 1.08. The lowest BCUT2D eigenvalue weighted by Gasteiger charge is -2.59. The highest BCUT2D eigenvalue weighted by molar-refractivity contribution is 5.00. The number of hydrogen-bond acceptors (Lipinski definition) is 0. The molecule has 0 N–H and O–H groups in total. The average molecular weight is 138 g/mol. The van der Waals surface area contributed by atoms with Crippen molar-refractivity contribution >= 4 is 0 Å². The molecule has 0 heteroatoms. The van der Waals surface area contributed by atoms with Crippen LogP contribution in [-0.4, -0.2) is 0 Å². The minimum atomic E-state index is 1.08. The molecular weight excluding hydrogens is 120 g/mol. The number of rotatable bonds is 2. The Hall–Kier alpha value is 0. The van der Waals surface area contributed by atoms with Crippen molar-refractivity contribution in [1.82, 2.24) is 0 Å². The molecule has 10 heavy (non-hydrogen) atoms. The third-order valence-corrected chi connectivity index (χ3v) is 3.91. The maximum absolute atomic E-state index is 2.46. The third kappa shape index (κ3) is 0.681. The molecule has 0 heterocycles. The van der Waals surface area contributed by atoms with E-state index in [2.05, 4.69) is 13.8 Å². The van der Waals surface area contributed by atoms with Gasteiger partial charge in [-0.3, -0.25) is 0 Å². The zero-order chi connectivity index (χ0) is 7.14. The molecule has 2 fully saturated rings. The molecule has 0 nitrogen and oxygen atoms in total. The molecule has 0 saturated heterocycles. The molecule has 0 amide bonds. The Kier molecular flexibility index (Phi) is 1.51. The molecule has 0 aliphatic heterocycles. The van der Waals surface area contributed by atoms with Crippen LogP contribution in [0.3, 0.4) is 0 Å². The van der Waals surface area contributed by atoms with Gasteiger partial charge in [-0.15, -0.1) is 0 Å². The van der Waals surface area contributed by atoms with Gasteiger partial charge in [-0.1, -0.05) is 26.7 Å². The first-order chi connectivity index (χ1) is 4.84. The largest absolute Gasteiger partial charge is 0.0654 e. The molecule has 0 aromatic carbocycles. The summed E-state index contributed by atoms with van der Waals surface area (Å²) in [5, 5.41) is 0. The zero-order valence-electron chi connectivity index (χ0n) is 7.14. The van der Waals surface area contributed by atoms with Crippen molar-refractivity contribution < 1.29 is 0 Å². The van der Waals surface area contributed by atoms with Crippen LogP contribution < -0.4 is 0 Å². The van der Waals surface area contributed by atoms with Gasteiger partial charge in [-0.05, 0) is 36.5 Å². The summed E-state index contributed by atoms with van der Waals surface area (Å²) in [4.78, 5) is 0. The van der Waals surface area contributed by atoms with Gasteiger partial charge < -0.3 is 0 Å². The molecule has 4 atom stereocenters. The quantitative estimate of drug-likeness (QED) is 0.550. The van der Waals surface area contributed by atoms with E-state index < -0.39 is 0 Å². The third-order valence-electron chi connectivity index (χ3n) is 3.91. The molecule has 2 aliphatic carbocycles. The lowest BCUT2D eigenvalue weighted by atomic mass is 9.47. The molecule has 0 spiro atoms. The Labute approximate surface area is 64.0 Å². The van der Waals surface area contributed by atoms with Gasteiger partial charge in [0.15, 0.2) is 0 Å². The molecule has 2 rings (SSSR count). The van der Waals surface area contributed by atoms with Crippen LogP contribution in [0.2, 0.25) is 0 Å². The fraction of sp³-hybridized carbons (Fsp3) is 1.00. The summed E-state index contributed by atoms with van der Waals surface area (Å²) in [5.41, 5.74) is 0. The van der Waals surface area contributed by atoms with Gasteiger partial charge in [0.2, 0.25) is 0 Å². The Morgan fingerprint density at radius 3 is 2.30 bits per heavy atom. The average Bonchev–Trinajstić information content (AvgIpc) is 1.85. The van der Waals surface area contributed by atoms with Crippen molar-refractivity contribution in [2.24, 2.45) is 23.7 Å². The highest BCUT2D eigenvalue weighted by Crippen LogP contribution is 2.59. The van der Waals surface area contributed by atoms with E-state index >= 15 is 0 Å². The van der Waals surface area contributed by atoms with Gasteiger partial charge in [-0.2, -0.15) is 0 Å². The molecule has 4 unspecified atom stereocenters. The van der Waals surface area contributed by atoms with Crippen molar-refractivity contribution in [2.45, 2.75) is 39.5 Å². The summed E-state index contributed by atoms with van der Waals surface area (Å²) in [6, 6.07) is 0. The highest BCUT2D eigenvalue weighted by atomic mass is 14.6. The topological polar surface area (TPSA) is 0 Å². The summed E-state index contributed by atoms with van der Waals surface area (Å²) >= 11 is 0. The molecular formula is C10H18. The molecule has 0 radical (unpaired) electrons. The summed E-state index contributed by atoms with van der Waals surface area (Å²) < 4.78 is 0. The van der Waals surface area contributed by atoms with Crippen LogP contribution in [0.25, 0.3) is 0 Å². The zero-order valence-corrected chi connectivity index (χ0v) is 7.14. The molecule has 0 bridgehead atoms. The highest BCUT2D eigenvalue weighted by Gasteiger charge is 2.51. The molecule has 2 saturated carbocycles. The van der Waals surface area contributed by atoms with Gasteiger partial charge in [0.25, 0.3) is 0 Å². The first kappa shape index (κ1) is 6.69. The van der Waals surface area contributed by atoms with Gasteiger partial charge in [0.1, 0.15) is 0 Å². The summed E-state index contributed by atoms with van der Waals surface area (Å²) in [7, 11) is 0. The van der Waals surface area contributed by atoms with Crippen LogP contribution in [0.5, 0.6) is 0 Å². The first-order valence-electron chi connectivity index (χ1n) is 4.84. The molecule has 0 aromatic rings. The Balaban J connectivity index is 1.87. The van der Waals surface area contributed by atoms with Crippen LogP contribution in [0.1, 0.15) is 39.5 Å². The van der Waals surface area contributed by atoms with E-state index in [0.717, 1.165) is 17.8 Å². The Morgan fingerprint density at radius 2 is 1.90 bits per heavy atom. The summed E-state index contributed by atoms with van der Waals surface area (Å²) in [6.07, 6.45) is 6.01. The lowest BCUT2D eigenvalue weighted by molar-refractivity contribution is -0.0956. The Bertz CT molecular complexity index is 122. The van der Waals surface area contributed by atoms with Gasteiger partial charge in [0, 0.05) is 0 Å². The second-order valence-corrected chi connectivity index (χ2v) is 4.22. The van der Waals surface area contributed by atoms with Crippen LogP contribution in [-0.2, 0) is 0 Å². The Morgan fingerprint density at radius 1 is 1.20 bits per heavy atom.